The quantitative estimate of drug-likeness (QED) is 0.449. The van der Waals surface area contributed by atoms with Gasteiger partial charge in [-0.2, -0.15) is 4.98 Å². The van der Waals surface area contributed by atoms with E-state index in [-0.39, 0.29) is 5.91 Å². The van der Waals surface area contributed by atoms with E-state index in [4.69, 9.17) is 5.10 Å². The van der Waals surface area contributed by atoms with Crippen molar-refractivity contribution in [3.63, 3.8) is 0 Å². The Labute approximate surface area is 193 Å². The number of hydrogen-bond acceptors (Lipinski definition) is 4. The zero-order valence-electron chi connectivity index (χ0n) is 17.0. The number of aromatic nitrogens is 4. The number of benzene rings is 2. The first-order valence-electron chi connectivity index (χ1n) is 10.1. The van der Waals surface area contributed by atoms with Gasteiger partial charge in [0.15, 0.2) is 5.82 Å². The van der Waals surface area contributed by atoms with E-state index in [1.165, 1.54) is 0 Å². The monoisotopic (exact) mass is 487 g/mol. The second-order valence-electron chi connectivity index (χ2n) is 7.46. The van der Waals surface area contributed by atoms with Crippen molar-refractivity contribution in [1.29, 1.82) is 0 Å². The Morgan fingerprint density at radius 2 is 1.91 bits per heavy atom. The molecule has 2 unspecified atom stereocenters. The largest absolute Gasteiger partial charge is 0.328 e. The molecule has 3 heterocycles. The minimum Gasteiger partial charge on any atom is -0.328 e. The van der Waals surface area contributed by atoms with Crippen LogP contribution in [-0.4, -0.2) is 20.7 Å². The number of halogens is 1. The molecule has 0 radical (unpaired) electrons. The lowest BCUT2D eigenvalue weighted by Crippen LogP contribution is -2.40. The minimum atomic E-state index is -0.615. The first kappa shape index (κ1) is 20.1. The van der Waals surface area contributed by atoms with Gasteiger partial charge in [-0.05, 0) is 23.8 Å². The summed E-state index contributed by atoms with van der Waals surface area (Å²) in [6.45, 7) is 4.16. The summed E-state index contributed by atoms with van der Waals surface area (Å²) in [6, 6.07) is 22.7. The summed E-state index contributed by atoms with van der Waals surface area (Å²) in [7, 11) is 0. The van der Waals surface area contributed by atoms with Gasteiger partial charge in [0.1, 0.15) is 12.0 Å². The number of carbonyl (C=O) groups excluding carboxylic acids is 1. The van der Waals surface area contributed by atoms with Gasteiger partial charge >= 0.3 is 5.91 Å². The highest BCUT2D eigenvalue weighted by Crippen LogP contribution is 2.39. The maximum Gasteiger partial charge on any atom is 0.319 e. The second kappa shape index (κ2) is 8.39. The van der Waals surface area contributed by atoms with Crippen molar-refractivity contribution in [1.82, 2.24) is 14.8 Å². The summed E-state index contributed by atoms with van der Waals surface area (Å²) in [5, 5.41) is 10.9. The Hall–Kier alpha value is -3.78. The van der Waals surface area contributed by atoms with E-state index >= 15 is 0 Å². The van der Waals surface area contributed by atoms with Gasteiger partial charge in [-0.25, -0.2) is 19.8 Å². The lowest BCUT2D eigenvalue weighted by atomic mass is 9.88. The van der Waals surface area contributed by atoms with Crippen LogP contribution in [0.3, 0.4) is 0 Å². The van der Waals surface area contributed by atoms with E-state index < -0.39 is 12.0 Å². The molecule has 1 amide bonds. The van der Waals surface area contributed by atoms with Crippen molar-refractivity contribution in [3.8, 4) is 11.4 Å². The van der Waals surface area contributed by atoms with Crippen molar-refractivity contribution in [3.05, 3.63) is 101 Å². The zero-order valence-corrected chi connectivity index (χ0v) is 18.6. The van der Waals surface area contributed by atoms with Crippen molar-refractivity contribution in [2.75, 3.05) is 10.6 Å². The van der Waals surface area contributed by atoms with E-state index in [0.29, 0.717) is 23.3 Å². The molecule has 2 atom stereocenters. The molecule has 0 bridgehead atoms. The number of nitrogens with one attached hydrogen (secondary N) is 3. The molecule has 1 aliphatic rings. The third-order valence-corrected chi connectivity index (χ3v) is 5.82. The van der Waals surface area contributed by atoms with Crippen LogP contribution in [0.5, 0.6) is 0 Å². The van der Waals surface area contributed by atoms with E-state index in [0.717, 1.165) is 15.6 Å². The van der Waals surface area contributed by atoms with Crippen molar-refractivity contribution in [2.24, 2.45) is 5.92 Å². The Bertz CT molecular complexity index is 1290. The number of fused-ring (bicyclic) bond motifs is 1. The van der Waals surface area contributed by atoms with Crippen LogP contribution in [0.1, 0.15) is 11.6 Å². The summed E-state index contributed by atoms with van der Waals surface area (Å²) in [4.78, 5) is 21.1. The third kappa shape index (κ3) is 3.80. The molecule has 1 aliphatic heterocycles. The van der Waals surface area contributed by atoms with Gasteiger partial charge in [-0.15, -0.1) is 5.10 Å². The summed E-state index contributed by atoms with van der Waals surface area (Å²) in [5.74, 6) is 0.924. The topological polar surface area (TPSA) is 86.0 Å². The summed E-state index contributed by atoms with van der Waals surface area (Å²) >= 11 is 3.55. The lowest BCUT2D eigenvalue weighted by Gasteiger charge is -2.32. The number of rotatable bonds is 4. The number of hydrogen-bond donors (Lipinski definition) is 2. The Balaban J connectivity index is 1.60. The maximum atomic E-state index is 13.4. The lowest BCUT2D eigenvalue weighted by molar-refractivity contribution is -0.360. The van der Waals surface area contributed by atoms with Gasteiger partial charge in [0.2, 0.25) is 5.95 Å². The highest BCUT2D eigenvalue weighted by Gasteiger charge is 2.42. The van der Waals surface area contributed by atoms with Crippen LogP contribution >= 0.6 is 15.9 Å². The van der Waals surface area contributed by atoms with Gasteiger partial charge < -0.3 is 5.32 Å². The number of anilines is 2. The molecular formula is C24H20BrN6O+. The molecule has 2 aromatic carbocycles. The molecule has 3 N–H and O–H groups in total. The first-order valence-corrected chi connectivity index (χ1v) is 10.9. The standard InChI is InChI=1S/C24H19BrN6O/c1-15-20(23(32)28-19-12-5-6-13-26-19)21(17-10-7-11-18(25)14-17)31-24(27-15)29-22(30-31)16-8-3-2-4-9-16/h2-14,20-21H,1H2,(H,26,28,32)(H,27,29,30)/p+1. The van der Waals surface area contributed by atoms with E-state index in [9.17, 15) is 4.79 Å². The average Bonchev–Trinajstić information content (AvgIpc) is 3.23. The molecule has 0 aliphatic carbocycles. The van der Waals surface area contributed by atoms with Crippen LogP contribution in [0.4, 0.5) is 11.8 Å². The van der Waals surface area contributed by atoms with Crippen LogP contribution in [0.15, 0.2) is 95.7 Å². The average molecular weight is 488 g/mol. The second-order valence-corrected chi connectivity index (χ2v) is 8.38. The van der Waals surface area contributed by atoms with Crippen molar-refractivity contribution >= 4 is 33.6 Å². The van der Waals surface area contributed by atoms with Crippen molar-refractivity contribution in [2.45, 2.75) is 6.04 Å². The van der Waals surface area contributed by atoms with Gasteiger partial charge in [-0.3, -0.25) is 0 Å². The number of pyridine rings is 1. The molecule has 0 fully saturated rings. The van der Waals surface area contributed by atoms with Crippen LogP contribution < -0.4 is 15.6 Å². The predicted molar refractivity (Wildman–Crippen MR) is 126 cm³/mol. The number of carbonyl (C=O) groups is 1. The number of H-pyrrole nitrogens is 1. The fourth-order valence-electron chi connectivity index (χ4n) is 3.87. The highest BCUT2D eigenvalue weighted by atomic mass is 79.9. The molecule has 2 aromatic heterocycles. The van der Waals surface area contributed by atoms with E-state index in [1.54, 1.807) is 16.9 Å². The minimum absolute atomic E-state index is 0.197. The van der Waals surface area contributed by atoms with Gasteiger partial charge in [0.05, 0.1) is 6.20 Å². The number of amides is 1. The van der Waals surface area contributed by atoms with Gasteiger partial charge in [0, 0.05) is 21.8 Å². The van der Waals surface area contributed by atoms with Crippen LogP contribution in [0.2, 0.25) is 0 Å². The highest BCUT2D eigenvalue weighted by molar-refractivity contribution is 9.10. The number of nitrogens with zero attached hydrogens (tertiary/aromatic N) is 3. The molecule has 0 spiro atoms. The molecule has 7 nitrogen and oxygen atoms in total. The van der Waals surface area contributed by atoms with Gasteiger partial charge in [0.25, 0.3) is 5.82 Å². The predicted octanol–water partition coefficient (Wildman–Crippen LogP) is 4.31. The van der Waals surface area contributed by atoms with Crippen LogP contribution in [0, 0.1) is 5.92 Å². The summed E-state index contributed by atoms with van der Waals surface area (Å²) in [6.07, 6.45) is 1.76. The molecular weight excluding hydrogens is 468 g/mol. The van der Waals surface area contributed by atoms with Crippen LogP contribution in [0.25, 0.3) is 11.4 Å². The molecule has 4 aromatic rings. The molecule has 5 rings (SSSR count). The molecule has 158 valence electrons. The molecule has 8 heteroatoms. The summed E-state index contributed by atoms with van der Waals surface area (Å²) in [5.41, 5.74) is 2.38. The molecule has 0 saturated heterocycles. The fraction of sp³-hybridized carbons (Fsp3) is 0.0833. The fourth-order valence-corrected chi connectivity index (χ4v) is 4.29. The number of aromatic amines is 1. The first-order chi connectivity index (χ1) is 15.6. The summed E-state index contributed by atoms with van der Waals surface area (Å²) < 4.78 is 2.69. The van der Waals surface area contributed by atoms with E-state index in [2.05, 4.69) is 43.1 Å². The molecule has 0 saturated carbocycles. The van der Waals surface area contributed by atoms with Gasteiger partial charge in [-0.1, -0.05) is 71.0 Å². The Morgan fingerprint density at radius 3 is 2.66 bits per heavy atom. The maximum absolute atomic E-state index is 13.4. The van der Waals surface area contributed by atoms with E-state index in [1.807, 2.05) is 66.7 Å². The molecule has 32 heavy (non-hydrogen) atoms. The SMILES string of the molecule is C=C1Nc2nc(-c3ccccc3)nn2C(c2cccc(Br)c2)C1C(=O)Nc1cccc[nH+]1. The van der Waals surface area contributed by atoms with Crippen molar-refractivity contribution < 1.29 is 9.78 Å². The smallest absolute Gasteiger partial charge is 0.319 e. The zero-order chi connectivity index (χ0) is 22.1. The normalized spacial score (nSPS) is 17.3. The Kier molecular flexibility index (Phi) is 5.28. The third-order valence-electron chi connectivity index (χ3n) is 5.33. The van der Waals surface area contributed by atoms with Crippen LogP contribution in [-0.2, 0) is 4.79 Å². The Morgan fingerprint density at radius 1 is 1.09 bits per heavy atom.